The summed E-state index contributed by atoms with van der Waals surface area (Å²) in [6.45, 7) is 0. The molecule has 0 saturated heterocycles. The van der Waals surface area contributed by atoms with Gasteiger partial charge in [0.1, 0.15) is 23.2 Å². The molecule has 1 aromatic heterocycles. The van der Waals surface area contributed by atoms with E-state index in [1.165, 1.54) is 17.7 Å². The highest BCUT2D eigenvalue weighted by Crippen LogP contribution is 2.54. The average Bonchev–Trinajstić information content (AvgIpc) is 3.40. The molecule has 0 unspecified atom stereocenters. The highest BCUT2D eigenvalue weighted by Gasteiger charge is 2.41. The van der Waals surface area contributed by atoms with Crippen molar-refractivity contribution >= 4 is 40.9 Å². The molecule has 1 heterocycles. The van der Waals surface area contributed by atoms with Gasteiger partial charge in [0.15, 0.2) is 0 Å². The van der Waals surface area contributed by atoms with E-state index in [9.17, 15) is 10.1 Å². The molecule has 0 radical (unpaired) electrons. The quantitative estimate of drug-likeness (QED) is 0.381. The molecule has 1 aliphatic rings. The molecule has 144 valence electrons. The molecular formula is C23H16Cl2N2O2. The van der Waals surface area contributed by atoms with Crippen molar-refractivity contribution in [2.24, 2.45) is 0 Å². The Bertz CT molecular complexity index is 1130. The van der Waals surface area contributed by atoms with Crippen LogP contribution in [0, 0.1) is 11.3 Å². The van der Waals surface area contributed by atoms with Crippen molar-refractivity contribution in [2.45, 2.75) is 18.3 Å². The van der Waals surface area contributed by atoms with Gasteiger partial charge in [-0.1, -0.05) is 53.5 Å². The maximum absolute atomic E-state index is 12.4. The van der Waals surface area contributed by atoms with E-state index in [0.29, 0.717) is 33.3 Å². The minimum atomic E-state index is -0.544. The zero-order valence-corrected chi connectivity index (χ0v) is 16.7. The summed E-state index contributed by atoms with van der Waals surface area (Å²) in [6, 6.07) is 20.6. The number of nitrogens with one attached hydrogen (secondary N) is 1. The highest BCUT2D eigenvalue weighted by atomic mass is 35.5. The van der Waals surface area contributed by atoms with Gasteiger partial charge < -0.3 is 9.73 Å². The molecule has 1 aliphatic carbocycles. The van der Waals surface area contributed by atoms with Crippen molar-refractivity contribution in [1.82, 2.24) is 0 Å². The van der Waals surface area contributed by atoms with Gasteiger partial charge in [-0.3, -0.25) is 4.79 Å². The standard InChI is InChI=1S/C23H16Cl2N2O2/c24-20-8-6-16(11-21(20)25)27-23(28)15(13-26)10-17-7-9-22(29-17)19-12-18(19)14-4-2-1-3-5-14/h1-11,18-19H,12H2,(H,27,28)/b15-10+/t18-,19-/m1/s1. The van der Waals surface area contributed by atoms with E-state index in [4.69, 9.17) is 27.6 Å². The monoisotopic (exact) mass is 422 g/mol. The van der Waals surface area contributed by atoms with Crippen molar-refractivity contribution in [3.8, 4) is 6.07 Å². The minimum absolute atomic E-state index is 0.0626. The number of hydrogen-bond donors (Lipinski definition) is 1. The number of carbonyl (C=O) groups excluding carboxylic acids is 1. The summed E-state index contributed by atoms with van der Waals surface area (Å²) in [6.07, 6.45) is 2.47. The average molecular weight is 423 g/mol. The van der Waals surface area contributed by atoms with Crippen LogP contribution in [0.2, 0.25) is 10.0 Å². The van der Waals surface area contributed by atoms with Crippen LogP contribution in [-0.4, -0.2) is 5.91 Å². The molecule has 4 nitrogen and oxygen atoms in total. The Balaban J connectivity index is 1.46. The van der Waals surface area contributed by atoms with E-state index in [-0.39, 0.29) is 5.57 Å². The van der Waals surface area contributed by atoms with Gasteiger partial charge >= 0.3 is 0 Å². The lowest BCUT2D eigenvalue weighted by atomic mass is 10.1. The summed E-state index contributed by atoms with van der Waals surface area (Å²) < 4.78 is 5.88. The molecule has 2 aromatic carbocycles. The normalized spacial score (nSPS) is 18.2. The summed E-state index contributed by atoms with van der Waals surface area (Å²) in [4.78, 5) is 12.4. The first-order valence-corrected chi connectivity index (χ1v) is 9.83. The predicted molar refractivity (Wildman–Crippen MR) is 114 cm³/mol. The number of hydrogen-bond acceptors (Lipinski definition) is 3. The van der Waals surface area contributed by atoms with E-state index in [1.807, 2.05) is 30.3 Å². The third-order valence-corrected chi connectivity index (χ3v) is 5.60. The van der Waals surface area contributed by atoms with E-state index in [0.717, 1.165) is 12.2 Å². The van der Waals surface area contributed by atoms with E-state index >= 15 is 0 Å². The van der Waals surface area contributed by atoms with Gasteiger partial charge in [0, 0.05) is 17.7 Å². The third-order valence-electron chi connectivity index (χ3n) is 4.86. The molecule has 2 atom stereocenters. The van der Waals surface area contributed by atoms with Gasteiger partial charge in [0.05, 0.1) is 10.0 Å². The number of nitriles is 1. The molecule has 1 saturated carbocycles. The number of nitrogens with zero attached hydrogens (tertiary/aromatic N) is 1. The zero-order valence-electron chi connectivity index (χ0n) is 15.2. The minimum Gasteiger partial charge on any atom is -0.461 e. The largest absolute Gasteiger partial charge is 0.461 e. The van der Waals surface area contributed by atoms with Gasteiger partial charge in [0.25, 0.3) is 5.91 Å². The second kappa shape index (κ2) is 8.16. The highest BCUT2D eigenvalue weighted by molar-refractivity contribution is 6.42. The summed E-state index contributed by atoms with van der Waals surface area (Å²) in [5, 5.41) is 12.7. The lowest BCUT2D eigenvalue weighted by Crippen LogP contribution is -2.13. The van der Waals surface area contributed by atoms with Crippen LogP contribution in [0.4, 0.5) is 5.69 Å². The lowest BCUT2D eigenvalue weighted by molar-refractivity contribution is -0.112. The topological polar surface area (TPSA) is 66.0 Å². The number of amides is 1. The molecule has 0 spiro atoms. The fourth-order valence-electron chi connectivity index (χ4n) is 3.29. The SMILES string of the molecule is N#C/C(=C\c1ccc([C@@H]2C[C@@H]2c2ccccc2)o1)C(=O)Nc1ccc(Cl)c(Cl)c1. The molecule has 3 aromatic rings. The number of carbonyl (C=O) groups is 1. The summed E-state index contributed by atoms with van der Waals surface area (Å²) in [5.74, 6) is 1.58. The number of furan rings is 1. The van der Waals surface area contributed by atoms with Gasteiger partial charge in [-0.05, 0) is 48.2 Å². The molecular weight excluding hydrogens is 407 g/mol. The molecule has 0 aliphatic heterocycles. The fourth-order valence-corrected chi connectivity index (χ4v) is 3.58. The molecule has 4 rings (SSSR count). The zero-order chi connectivity index (χ0) is 20.4. The first-order chi connectivity index (χ1) is 14.0. The number of anilines is 1. The van der Waals surface area contributed by atoms with Gasteiger partial charge in [0.2, 0.25) is 0 Å². The lowest BCUT2D eigenvalue weighted by Gasteiger charge is -2.05. The Morgan fingerprint density at radius 2 is 1.86 bits per heavy atom. The van der Waals surface area contributed by atoms with Crippen LogP contribution >= 0.6 is 23.2 Å². The Morgan fingerprint density at radius 1 is 1.07 bits per heavy atom. The van der Waals surface area contributed by atoms with Crippen molar-refractivity contribution in [2.75, 3.05) is 5.32 Å². The van der Waals surface area contributed by atoms with Crippen LogP contribution in [0.25, 0.3) is 6.08 Å². The van der Waals surface area contributed by atoms with Crippen molar-refractivity contribution < 1.29 is 9.21 Å². The molecule has 1 amide bonds. The second-order valence-electron chi connectivity index (χ2n) is 6.85. The maximum Gasteiger partial charge on any atom is 0.266 e. The summed E-state index contributed by atoms with van der Waals surface area (Å²) in [5.41, 5.74) is 1.69. The molecule has 0 bridgehead atoms. The first kappa shape index (κ1) is 19.3. The molecule has 1 fully saturated rings. The number of rotatable bonds is 5. The van der Waals surface area contributed by atoms with Crippen LogP contribution in [0.5, 0.6) is 0 Å². The third kappa shape index (κ3) is 4.37. The van der Waals surface area contributed by atoms with E-state index in [1.54, 1.807) is 18.2 Å². The van der Waals surface area contributed by atoms with Crippen LogP contribution < -0.4 is 5.32 Å². The van der Waals surface area contributed by atoms with Crippen LogP contribution in [0.1, 0.15) is 35.3 Å². The first-order valence-electron chi connectivity index (χ1n) is 9.08. The Hall–Kier alpha value is -3.00. The van der Waals surface area contributed by atoms with Crippen LogP contribution in [0.3, 0.4) is 0 Å². The van der Waals surface area contributed by atoms with Gasteiger partial charge in [-0.15, -0.1) is 0 Å². The number of halogens is 2. The van der Waals surface area contributed by atoms with Crippen molar-refractivity contribution in [1.29, 1.82) is 5.26 Å². The molecule has 29 heavy (non-hydrogen) atoms. The van der Waals surface area contributed by atoms with Crippen LogP contribution in [0.15, 0.2) is 70.7 Å². The second-order valence-corrected chi connectivity index (χ2v) is 7.67. The predicted octanol–water partition coefficient (Wildman–Crippen LogP) is 6.40. The number of benzene rings is 2. The summed E-state index contributed by atoms with van der Waals surface area (Å²) in [7, 11) is 0. The van der Waals surface area contributed by atoms with E-state index < -0.39 is 5.91 Å². The van der Waals surface area contributed by atoms with Crippen LogP contribution in [-0.2, 0) is 4.79 Å². The van der Waals surface area contributed by atoms with Gasteiger partial charge in [-0.25, -0.2) is 0 Å². The maximum atomic E-state index is 12.4. The van der Waals surface area contributed by atoms with E-state index in [2.05, 4.69) is 17.4 Å². The van der Waals surface area contributed by atoms with Crippen molar-refractivity contribution in [3.63, 3.8) is 0 Å². The van der Waals surface area contributed by atoms with Crippen molar-refractivity contribution in [3.05, 3.63) is 93.4 Å². The van der Waals surface area contributed by atoms with Gasteiger partial charge in [-0.2, -0.15) is 5.26 Å². The molecule has 6 heteroatoms. The Kier molecular flexibility index (Phi) is 5.44. The Labute approximate surface area is 178 Å². The smallest absolute Gasteiger partial charge is 0.266 e. The Morgan fingerprint density at radius 3 is 2.59 bits per heavy atom. The molecule has 1 N–H and O–H groups in total. The fraction of sp³-hybridized carbons (Fsp3) is 0.130. The summed E-state index contributed by atoms with van der Waals surface area (Å²) >= 11 is 11.8.